The molecular formula is C25H28N6O. The summed E-state index contributed by atoms with van der Waals surface area (Å²) in [5.41, 5.74) is 6.28. The first kappa shape index (κ1) is 20.3. The lowest BCUT2D eigenvalue weighted by atomic mass is 10.1. The van der Waals surface area contributed by atoms with Crippen LogP contribution in [0.1, 0.15) is 5.56 Å². The summed E-state index contributed by atoms with van der Waals surface area (Å²) in [5, 5.41) is 8.14. The number of piperazine rings is 1. The van der Waals surface area contributed by atoms with Crippen LogP contribution < -0.4 is 15.0 Å². The lowest BCUT2D eigenvalue weighted by molar-refractivity contribution is 0.313. The van der Waals surface area contributed by atoms with Gasteiger partial charge in [-0.15, -0.1) is 5.10 Å². The molecule has 4 aromatic rings. The van der Waals surface area contributed by atoms with Crippen molar-refractivity contribution in [1.29, 1.82) is 0 Å². The van der Waals surface area contributed by atoms with Gasteiger partial charge < -0.3 is 19.9 Å². The molecule has 3 heterocycles. The maximum Gasteiger partial charge on any atom is 0.245 e. The number of aromatic nitrogens is 3. The lowest BCUT2D eigenvalue weighted by Crippen LogP contribution is -2.44. The van der Waals surface area contributed by atoms with Gasteiger partial charge in [0.25, 0.3) is 0 Å². The molecule has 1 N–H and O–H groups in total. The molecule has 0 atom stereocenters. The monoisotopic (exact) mass is 428 g/mol. The number of hydrogen-bond donors (Lipinski definition) is 1. The van der Waals surface area contributed by atoms with Gasteiger partial charge in [0.15, 0.2) is 0 Å². The minimum Gasteiger partial charge on any atom is -0.496 e. The largest absolute Gasteiger partial charge is 0.496 e. The van der Waals surface area contributed by atoms with Crippen molar-refractivity contribution in [2.75, 3.05) is 50.6 Å². The highest BCUT2D eigenvalue weighted by molar-refractivity contribution is 5.74. The van der Waals surface area contributed by atoms with E-state index >= 15 is 0 Å². The maximum atomic E-state index is 5.57. The van der Waals surface area contributed by atoms with Crippen LogP contribution in [-0.2, 0) is 0 Å². The summed E-state index contributed by atoms with van der Waals surface area (Å²) >= 11 is 0. The smallest absolute Gasteiger partial charge is 0.245 e. The van der Waals surface area contributed by atoms with Crippen LogP contribution in [0.2, 0.25) is 0 Å². The minimum atomic E-state index is 0.552. The normalized spacial score (nSPS) is 14.7. The third-order valence-electron chi connectivity index (χ3n) is 6.09. The topological polar surface area (TPSA) is 57.9 Å². The van der Waals surface area contributed by atoms with Gasteiger partial charge in [-0.25, -0.2) is 9.50 Å². The van der Waals surface area contributed by atoms with Crippen LogP contribution in [0.4, 0.5) is 17.3 Å². The number of likely N-dealkylation sites (N-methyl/N-ethyl adjacent to an activating group) is 1. The second-order valence-corrected chi connectivity index (χ2v) is 8.25. The number of methoxy groups -OCH3 is 1. The summed E-state index contributed by atoms with van der Waals surface area (Å²) in [5.74, 6) is 1.37. The lowest BCUT2D eigenvalue weighted by Gasteiger charge is -2.34. The van der Waals surface area contributed by atoms with E-state index in [4.69, 9.17) is 9.84 Å². The van der Waals surface area contributed by atoms with Crippen molar-refractivity contribution in [2.24, 2.45) is 0 Å². The summed E-state index contributed by atoms with van der Waals surface area (Å²) < 4.78 is 7.50. The maximum absolute atomic E-state index is 5.57. The molecule has 0 saturated carbocycles. The van der Waals surface area contributed by atoms with E-state index in [-0.39, 0.29) is 0 Å². The summed E-state index contributed by atoms with van der Waals surface area (Å²) in [6.07, 6.45) is 1.86. The van der Waals surface area contributed by atoms with Crippen molar-refractivity contribution in [3.05, 3.63) is 66.4 Å². The number of nitrogens with one attached hydrogen (secondary N) is 1. The number of benzene rings is 2. The molecule has 2 aromatic carbocycles. The molecule has 7 nitrogen and oxygen atoms in total. The Morgan fingerprint density at radius 1 is 0.969 bits per heavy atom. The highest BCUT2D eigenvalue weighted by Crippen LogP contribution is 2.32. The summed E-state index contributed by atoms with van der Waals surface area (Å²) in [4.78, 5) is 9.33. The Morgan fingerprint density at radius 2 is 1.72 bits per heavy atom. The van der Waals surface area contributed by atoms with Crippen LogP contribution in [0.3, 0.4) is 0 Å². The Hall–Kier alpha value is -3.58. The Kier molecular flexibility index (Phi) is 5.41. The predicted octanol–water partition coefficient (Wildman–Crippen LogP) is 4.21. The molecule has 32 heavy (non-hydrogen) atoms. The fourth-order valence-corrected chi connectivity index (χ4v) is 4.20. The molecule has 164 valence electrons. The zero-order valence-corrected chi connectivity index (χ0v) is 18.7. The van der Waals surface area contributed by atoms with Gasteiger partial charge in [-0.05, 0) is 62.0 Å². The molecule has 0 radical (unpaired) electrons. The first-order chi connectivity index (χ1) is 15.6. The van der Waals surface area contributed by atoms with Gasteiger partial charge >= 0.3 is 0 Å². The number of fused-ring (bicyclic) bond motifs is 1. The first-order valence-electron chi connectivity index (χ1n) is 10.9. The van der Waals surface area contributed by atoms with Gasteiger partial charge in [-0.2, -0.15) is 0 Å². The molecule has 1 aliphatic rings. The highest BCUT2D eigenvalue weighted by atomic mass is 16.5. The van der Waals surface area contributed by atoms with Crippen molar-refractivity contribution in [3.63, 3.8) is 0 Å². The standard InChI is InChI=1S/C25H28N6O/c1-18-16-22(21-6-4-5-7-24(21)32-3)31-23(18)17-26-25(28-31)27-19-8-10-20(11-9-19)30-14-12-29(2)13-15-30/h4-11,16-17H,12-15H2,1-3H3,(H,27,28). The number of para-hydroxylation sites is 1. The Morgan fingerprint density at radius 3 is 2.47 bits per heavy atom. The van der Waals surface area contributed by atoms with Crippen molar-refractivity contribution in [2.45, 2.75) is 6.92 Å². The molecule has 0 aliphatic carbocycles. The van der Waals surface area contributed by atoms with Gasteiger partial charge in [0.05, 0.1) is 24.5 Å². The Labute approximate surface area is 188 Å². The molecular weight excluding hydrogens is 400 g/mol. The van der Waals surface area contributed by atoms with E-state index in [0.29, 0.717) is 5.95 Å². The SMILES string of the molecule is COc1ccccc1-c1cc(C)c2cnc(Nc3ccc(N4CCN(C)CC4)cc3)nn12. The molecule has 1 saturated heterocycles. The van der Waals surface area contributed by atoms with E-state index in [1.807, 2.05) is 35.0 Å². The number of nitrogens with zero attached hydrogens (tertiary/aromatic N) is 5. The second-order valence-electron chi connectivity index (χ2n) is 8.25. The number of aryl methyl sites for hydroxylation is 1. The van der Waals surface area contributed by atoms with Gasteiger partial charge in [0.1, 0.15) is 5.75 Å². The van der Waals surface area contributed by atoms with Crippen LogP contribution in [0.25, 0.3) is 16.8 Å². The highest BCUT2D eigenvalue weighted by Gasteiger charge is 2.16. The predicted molar refractivity (Wildman–Crippen MR) is 129 cm³/mol. The Balaban J connectivity index is 1.42. The summed E-state index contributed by atoms with van der Waals surface area (Å²) in [6, 6.07) is 18.6. The van der Waals surface area contributed by atoms with Crippen LogP contribution in [0.5, 0.6) is 5.75 Å². The number of rotatable bonds is 5. The van der Waals surface area contributed by atoms with Crippen molar-refractivity contribution < 1.29 is 4.74 Å². The van der Waals surface area contributed by atoms with Crippen molar-refractivity contribution in [3.8, 4) is 17.0 Å². The van der Waals surface area contributed by atoms with Gasteiger partial charge in [-0.1, -0.05) is 12.1 Å². The fraction of sp³-hybridized carbons (Fsp3) is 0.280. The van der Waals surface area contributed by atoms with Crippen LogP contribution in [-0.4, -0.2) is 59.8 Å². The molecule has 7 heteroatoms. The quantitative estimate of drug-likeness (QED) is 0.514. The van der Waals surface area contributed by atoms with E-state index < -0.39 is 0 Å². The van der Waals surface area contributed by atoms with E-state index in [9.17, 15) is 0 Å². The average Bonchev–Trinajstić information content (AvgIpc) is 3.15. The van der Waals surface area contributed by atoms with Gasteiger partial charge in [0.2, 0.25) is 5.95 Å². The molecule has 0 bridgehead atoms. The van der Waals surface area contributed by atoms with E-state index in [1.165, 1.54) is 5.69 Å². The number of anilines is 3. The first-order valence-corrected chi connectivity index (χ1v) is 10.9. The molecule has 1 aliphatic heterocycles. The third-order valence-corrected chi connectivity index (χ3v) is 6.09. The van der Waals surface area contributed by atoms with Gasteiger partial charge in [0, 0.05) is 43.1 Å². The van der Waals surface area contributed by atoms with Crippen LogP contribution in [0.15, 0.2) is 60.8 Å². The molecule has 0 spiro atoms. The van der Waals surface area contributed by atoms with Crippen LogP contribution >= 0.6 is 0 Å². The third kappa shape index (κ3) is 3.87. The fourth-order valence-electron chi connectivity index (χ4n) is 4.20. The zero-order chi connectivity index (χ0) is 22.1. The molecule has 1 fully saturated rings. The van der Waals surface area contributed by atoms with E-state index in [1.54, 1.807) is 7.11 Å². The van der Waals surface area contributed by atoms with Crippen LogP contribution in [0, 0.1) is 6.92 Å². The molecule has 5 rings (SSSR count). The van der Waals surface area contributed by atoms with Gasteiger partial charge in [-0.3, -0.25) is 0 Å². The Bertz CT molecular complexity index is 1230. The molecule has 0 unspecified atom stereocenters. The average molecular weight is 429 g/mol. The van der Waals surface area contributed by atoms with E-state index in [0.717, 1.165) is 60.0 Å². The number of ether oxygens (including phenoxy) is 1. The molecule has 0 amide bonds. The summed E-state index contributed by atoms with van der Waals surface area (Å²) in [7, 11) is 3.86. The zero-order valence-electron chi connectivity index (χ0n) is 18.7. The van der Waals surface area contributed by atoms with E-state index in [2.05, 4.69) is 64.4 Å². The van der Waals surface area contributed by atoms with Crippen molar-refractivity contribution >= 4 is 22.8 Å². The second kappa shape index (κ2) is 8.51. The number of hydrogen-bond acceptors (Lipinski definition) is 6. The minimum absolute atomic E-state index is 0.552. The summed E-state index contributed by atoms with van der Waals surface area (Å²) in [6.45, 7) is 6.38. The van der Waals surface area contributed by atoms with Crippen molar-refractivity contribution in [1.82, 2.24) is 19.5 Å². The molecule has 2 aromatic heterocycles.